The van der Waals surface area contributed by atoms with Crippen LogP contribution in [-0.4, -0.2) is 91.0 Å². The smallest absolute Gasteiger partial charge is 0.335 e. The molecule has 0 radical (unpaired) electrons. The first-order chi connectivity index (χ1) is 19.1. The van der Waals surface area contributed by atoms with Crippen LogP contribution in [0.1, 0.15) is 46.3 Å². The normalized spacial score (nSPS) is 12.8. The second-order valence-corrected chi connectivity index (χ2v) is 9.13. The molecule has 1 aliphatic heterocycles. The van der Waals surface area contributed by atoms with Gasteiger partial charge in [-0.1, -0.05) is 0 Å². The van der Waals surface area contributed by atoms with Crippen LogP contribution in [0.25, 0.3) is 11.0 Å². The van der Waals surface area contributed by atoms with Crippen LogP contribution in [-0.2, 0) is 20.9 Å². The lowest BCUT2D eigenvalue weighted by Gasteiger charge is -2.19. The summed E-state index contributed by atoms with van der Waals surface area (Å²) < 4.78 is 7.40. The van der Waals surface area contributed by atoms with Gasteiger partial charge < -0.3 is 19.7 Å². The fourth-order valence-electron chi connectivity index (χ4n) is 4.18. The molecule has 0 atom stereocenters. The van der Waals surface area contributed by atoms with E-state index in [1.165, 1.54) is 29.2 Å². The SMILES string of the molecule is CCn1nc(C)cc1C(=O)Nc1nc2c(OCCCN(C)C(=O)CCN3C(=O)C=CC3=O)cc(C(=O)O)cc2[nH]1. The number of rotatable bonds is 12. The summed E-state index contributed by atoms with van der Waals surface area (Å²) in [5.74, 6) is -2.39. The lowest BCUT2D eigenvalue weighted by Crippen LogP contribution is -2.36. The zero-order chi connectivity index (χ0) is 29.0. The third-order valence-electron chi connectivity index (χ3n) is 6.24. The number of fused-ring (bicyclic) bond motifs is 1. The summed E-state index contributed by atoms with van der Waals surface area (Å²) in [5, 5.41) is 16.5. The third kappa shape index (κ3) is 6.17. The molecule has 210 valence electrons. The van der Waals surface area contributed by atoms with Gasteiger partial charge in [0, 0.05) is 45.3 Å². The highest BCUT2D eigenvalue weighted by atomic mass is 16.5. The number of aromatic nitrogens is 4. The number of carbonyl (C=O) groups excluding carboxylic acids is 4. The number of benzene rings is 1. The highest BCUT2D eigenvalue weighted by Crippen LogP contribution is 2.28. The molecular formula is C26H29N7O7. The van der Waals surface area contributed by atoms with Crippen molar-refractivity contribution in [3.63, 3.8) is 0 Å². The number of nitrogens with one attached hydrogen (secondary N) is 2. The van der Waals surface area contributed by atoms with Crippen LogP contribution < -0.4 is 10.1 Å². The molecule has 0 bridgehead atoms. The maximum atomic E-state index is 12.8. The Bertz CT molecular complexity index is 1500. The predicted octanol–water partition coefficient (Wildman–Crippen LogP) is 1.58. The summed E-state index contributed by atoms with van der Waals surface area (Å²) in [7, 11) is 1.60. The largest absolute Gasteiger partial charge is 0.491 e. The fourth-order valence-corrected chi connectivity index (χ4v) is 4.18. The van der Waals surface area contributed by atoms with Crippen molar-refractivity contribution in [1.29, 1.82) is 0 Å². The van der Waals surface area contributed by atoms with Crippen LogP contribution in [0.3, 0.4) is 0 Å². The summed E-state index contributed by atoms with van der Waals surface area (Å²) in [6, 6.07) is 4.40. The molecule has 0 saturated carbocycles. The molecule has 4 amide bonds. The van der Waals surface area contributed by atoms with E-state index in [1.807, 2.05) is 6.92 Å². The molecule has 0 fully saturated rings. The number of amides is 4. The minimum Gasteiger partial charge on any atom is -0.491 e. The van der Waals surface area contributed by atoms with Gasteiger partial charge in [0.15, 0.2) is 0 Å². The van der Waals surface area contributed by atoms with Crippen LogP contribution in [0.4, 0.5) is 5.95 Å². The number of H-pyrrole nitrogens is 1. The maximum Gasteiger partial charge on any atom is 0.335 e. The monoisotopic (exact) mass is 551 g/mol. The first kappa shape index (κ1) is 28.0. The summed E-state index contributed by atoms with van der Waals surface area (Å²) in [6.45, 7) is 4.63. The number of hydrogen-bond acceptors (Lipinski definition) is 8. The summed E-state index contributed by atoms with van der Waals surface area (Å²) in [4.78, 5) is 69.9. The lowest BCUT2D eigenvalue weighted by molar-refractivity contribution is -0.138. The number of ether oxygens (including phenoxy) is 1. The zero-order valence-corrected chi connectivity index (χ0v) is 22.3. The molecule has 1 aliphatic rings. The summed E-state index contributed by atoms with van der Waals surface area (Å²) >= 11 is 0. The van der Waals surface area contributed by atoms with Gasteiger partial charge >= 0.3 is 5.97 Å². The standard InChI is InChI=1S/C26H29N7O7/c1-4-33-18(12-15(2)30-33)24(37)29-26-27-17-13-16(25(38)39)14-19(23(17)28-26)40-11-5-9-31(3)20(34)8-10-32-21(35)6-7-22(32)36/h6-7,12-14H,4-5,8-11H2,1-3H3,(H,38,39)(H2,27,28,29,37). The van der Waals surface area contributed by atoms with E-state index in [4.69, 9.17) is 4.74 Å². The number of imide groups is 1. The van der Waals surface area contributed by atoms with Crippen LogP contribution in [0.15, 0.2) is 30.4 Å². The van der Waals surface area contributed by atoms with Gasteiger partial charge in [-0.2, -0.15) is 5.10 Å². The van der Waals surface area contributed by atoms with Gasteiger partial charge in [0.25, 0.3) is 17.7 Å². The van der Waals surface area contributed by atoms with E-state index < -0.39 is 23.7 Å². The molecule has 1 aromatic carbocycles. The second kappa shape index (κ2) is 11.8. The number of carbonyl (C=O) groups is 5. The van der Waals surface area contributed by atoms with E-state index >= 15 is 0 Å². The molecule has 40 heavy (non-hydrogen) atoms. The molecule has 0 saturated heterocycles. The van der Waals surface area contributed by atoms with Crippen molar-refractivity contribution in [2.45, 2.75) is 33.2 Å². The van der Waals surface area contributed by atoms with Gasteiger partial charge in [0.1, 0.15) is 17.0 Å². The number of nitrogens with zero attached hydrogens (tertiary/aromatic N) is 5. The molecule has 14 nitrogen and oxygen atoms in total. The van der Waals surface area contributed by atoms with Crippen molar-refractivity contribution >= 4 is 46.6 Å². The quantitative estimate of drug-likeness (QED) is 0.222. The predicted molar refractivity (Wildman–Crippen MR) is 142 cm³/mol. The van der Waals surface area contributed by atoms with E-state index in [0.717, 1.165) is 4.90 Å². The van der Waals surface area contributed by atoms with Gasteiger partial charge in [-0.25, -0.2) is 9.78 Å². The van der Waals surface area contributed by atoms with Crippen LogP contribution in [0.5, 0.6) is 5.75 Å². The number of aromatic carboxylic acids is 1. The molecule has 4 rings (SSSR count). The Morgan fingerprint density at radius 2 is 1.88 bits per heavy atom. The van der Waals surface area contributed by atoms with Gasteiger partial charge in [-0.3, -0.25) is 34.1 Å². The highest BCUT2D eigenvalue weighted by molar-refractivity contribution is 6.13. The average Bonchev–Trinajstić information content (AvgIpc) is 3.60. The van der Waals surface area contributed by atoms with Gasteiger partial charge in [0.2, 0.25) is 11.9 Å². The average molecular weight is 552 g/mol. The first-order valence-electron chi connectivity index (χ1n) is 12.6. The molecule has 3 heterocycles. The van der Waals surface area contributed by atoms with E-state index in [1.54, 1.807) is 24.7 Å². The summed E-state index contributed by atoms with van der Waals surface area (Å²) in [6.07, 6.45) is 2.75. The molecule has 3 aromatic rings. The van der Waals surface area contributed by atoms with Crippen molar-refractivity contribution in [2.24, 2.45) is 0 Å². The van der Waals surface area contributed by atoms with Gasteiger partial charge in [0.05, 0.1) is 23.4 Å². The Hall–Kier alpha value is -5.01. The number of anilines is 1. The molecular weight excluding hydrogens is 522 g/mol. The Kier molecular flexibility index (Phi) is 8.26. The van der Waals surface area contributed by atoms with E-state index in [-0.39, 0.29) is 42.7 Å². The van der Waals surface area contributed by atoms with Crippen molar-refractivity contribution in [3.8, 4) is 5.75 Å². The van der Waals surface area contributed by atoms with Crippen molar-refractivity contribution in [2.75, 3.05) is 32.1 Å². The van der Waals surface area contributed by atoms with Gasteiger partial charge in [-0.05, 0) is 38.5 Å². The number of carboxylic acids is 1. The topological polar surface area (TPSA) is 180 Å². The van der Waals surface area contributed by atoms with E-state index in [2.05, 4.69) is 20.4 Å². The number of carboxylic acid groups (broad SMARTS) is 1. The molecule has 0 spiro atoms. The first-order valence-corrected chi connectivity index (χ1v) is 12.6. The van der Waals surface area contributed by atoms with Crippen molar-refractivity contribution < 1.29 is 33.8 Å². The van der Waals surface area contributed by atoms with Gasteiger partial charge in [-0.15, -0.1) is 0 Å². The number of imidazole rings is 1. The minimum atomic E-state index is -1.16. The third-order valence-corrected chi connectivity index (χ3v) is 6.24. The van der Waals surface area contributed by atoms with E-state index in [0.29, 0.717) is 41.9 Å². The highest BCUT2D eigenvalue weighted by Gasteiger charge is 2.24. The number of aryl methyl sites for hydroxylation is 2. The number of hydrogen-bond donors (Lipinski definition) is 3. The number of aromatic amines is 1. The fraction of sp³-hybridized carbons (Fsp3) is 0.346. The van der Waals surface area contributed by atoms with Crippen LogP contribution in [0, 0.1) is 6.92 Å². The molecule has 0 aliphatic carbocycles. The van der Waals surface area contributed by atoms with Crippen LogP contribution >= 0.6 is 0 Å². The summed E-state index contributed by atoms with van der Waals surface area (Å²) in [5.41, 5.74) is 1.71. The van der Waals surface area contributed by atoms with E-state index in [9.17, 15) is 29.1 Å². The Morgan fingerprint density at radius 3 is 2.55 bits per heavy atom. The Morgan fingerprint density at radius 1 is 1.15 bits per heavy atom. The minimum absolute atomic E-state index is 0.00181. The Labute approximate surface area is 228 Å². The molecule has 0 unspecified atom stereocenters. The molecule has 3 N–H and O–H groups in total. The lowest BCUT2D eigenvalue weighted by atomic mass is 10.2. The molecule has 2 aromatic heterocycles. The maximum absolute atomic E-state index is 12.8. The van der Waals surface area contributed by atoms with Crippen LogP contribution in [0.2, 0.25) is 0 Å². The van der Waals surface area contributed by atoms with Crippen molar-refractivity contribution in [1.82, 2.24) is 29.5 Å². The molecule has 14 heteroatoms. The zero-order valence-electron chi connectivity index (χ0n) is 22.3. The van der Waals surface area contributed by atoms with Crippen molar-refractivity contribution in [3.05, 3.63) is 47.3 Å². The second-order valence-electron chi connectivity index (χ2n) is 9.13. The Balaban J connectivity index is 1.37.